The van der Waals surface area contributed by atoms with Gasteiger partial charge >= 0.3 is 6.18 Å². The van der Waals surface area contributed by atoms with Gasteiger partial charge in [-0.25, -0.2) is 8.42 Å². The molecule has 0 bridgehead atoms. The summed E-state index contributed by atoms with van der Waals surface area (Å²) in [6.45, 7) is 3.69. The number of sulfonamides is 1. The normalized spacial score (nSPS) is 16.4. The van der Waals surface area contributed by atoms with Crippen molar-refractivity contribution in [3.8, 4) is 5.75 Å². The summed E-state index contributed by atoms with van der Waals surface area (Å²) in [6, 6.07) is 13.1. The third-order valence-electron chi connectivity index (χ3n) is 4.94. The molecule has 1 saturated heterocycles. The molecule has 0 spiro atoms. The van der Waals surface area contributed by atoms with Crippen LogP contribution in [0, 0.1) is 0 Å². The standard InChI is InChI=1S/C21H25F3N2O4S/c22-21(23,24)18-6-8-20(9-7-18)31(27,28)26-12-10-25(11-13-26)14-15-29-16-17-30-19-4-2-1-3-5-19/h1-9H,10-17H2. The lowest BCUT2D eigenvalue weighted by atomic mass is 10.2. The summed E-state index contributed by atoms with van der Waals surface area (Å²) in [5, 5.41) is 0. The second-order valence-corrected chi connectivity index (χ2v) is 8.98. The second kappa shape index (κ2) is 10.4. The Morgan fingerprint density at radius 3 is 2.10 bits per heavy atom. The highest BCUT2D eigenvalue weighted by Crippen LogP contribution is 2.30. The van der Waals surface area contributed by atoms with Gasteiger partial charge in [0.2, 0.25) is 10.0 Å². The minimum atomic E-state index is -4.50. The Morgan fingerprint density at radius 1 is 0.839 bits per heavy atom. The number of piperazine rings is 1. The molecule has 0 saturated carbocycles. The van der Waals surface area contributed by atoms with Gasteiger partial charge in [-0.3, -0.25) is 4.90 Å². The second-order valence-electron chi connectivity index (χ2n) is 7.04. The number of para-hydroxylation sites is 1. The van der Waals surface area contributed by atoms with E-state index in [2.05, 4.69) is 4.90 Å². The molecule has 0 unspecified atom stereocenters. The van der Waals surface area contributed by atoms with Crippen LogP contribution in [0.25, 0.3) is 0 Å². The predicted molar refractivity (Wildman–Crippen MR) is 109 cm³/mol. The van der Waals surface area contributed by atoms with Crippen LogP contribution in [0.1, 0.15) is 5.56 Å². The zero-order valence-corrected chi connectivity index (χ0v) is 17.7. The van der Waals surface area contributed by atoms with E-state index >= 15 is 0 Å². The first-order chi connectivity index (χ1) is 14.8. The number of halogens is 3. The molecule has 0 radical (unpaired) electrons. The molecule has 6 nitrogen and oxygen atoms in total. The molecular formula is C21H25F3N2O4S. The first kappa shape index (κ1) is 23.5. The van der Waals surface area contributed by atoms with E-state index in [1.807, 2.05) is 30.3 Å². The van der Waals surface area contributed by atoms with Gasteiger partial charge < -0.3 is 9.47 Å². The van der Waals surface area contributed by atoms with Crippen LogP contribution in [-0.2, 0) is 20.9 Å². The minimum absolute atomic E-state index is 0.129. The van der Waals surface area contributed by atoms with Gasteiger partial charge in [0.15, 0.2) is 0 Å². The molecule has 1 fully saturated rings. The van der Waals surface area contributed by atoms with Crippen molar-refractivity contribution >= 4 is 10.0 Å². The Hall–Kier alpha value is -2.14. The first-order valence-electron chi connectivity index (χ1n) is 9.92. The summed E-state index contributed by atoms with van der Waals surface area (Å²) in [5.41, 5.74) is -0.870. The molecule has 1 aliphatic heterocycles. The van der Waals surface area contributed by atoms with Crippen LogP contribution < -0.4 is 4.74 Å². The van der Waals surface area contributed by atoms with Gasteiger partial charge in [-0.05, 0) is 36.4 Å². The molecular weight excluding hydrogens is 433 g/mol. The largest absolute Gasteiger partial charge is 0.491 e. The number of nitrogens with zero attached hydrogens (tertiary/aromatic N) is 2. The summed E-state index contributed by atoms with van der Waals surface area (Å²) in [6.07, 6.45) is -4.50. The Kier molecular flexibility index (Phi) is 7.93. The molecule has 10 heteroatoms. The smallest absolute Gasteiger partial charge is 0.416 e. The Balaban J connectivity index is 1.37. The average molecular weight is 459 g/mol. The van der Waals surface area contributed by atoms with Crippen molar-refractivity contribution in [1.29, 1.82) is 0 Å². The topological polar surface area (TPSA) is 59.1 Å². The third-order valence-corrected chi connectivity index (χ3v) is 6.86. The van der Waals surface area contributed by atoms with Crippen molar-refractivity contribution in [2.24, 2.45) is 0 Å². The van der Waals surface area contributed by atoms with E-state index in [0.717, 1.165) is 30.0 Å². The maximum atomic E-state index is 12.7. The lowest BCUT2D eigenvalue weighted by Gasteiger charge is -2.33. The Bertz CT molecular complexity index is 914. The molecule has 3 rings (SSSR count). The molecule has 0 amide bonds. The van der Waals surface area contributed by atoms with Crippen molar-refractivity contribution in [2.45, 2.75) is 11.1 Å². The van der Waals surface area contributed by atoms with E-state index < -0.39 is 21.8 Å². The first-order valence-corrected chi connectivity index (χ1v) is 11.4. The highest BCUT2D eigenvalue weighted by atomic mass is 32.2. The quantitative estimate of drug-likeness (QED) is 0.541. The van der Waals surface area contributed by atoms with Crippen LogP contribution in [0.5, 0.6) is 5.75 Å². The predicted octanol–water partition coefficient (Wildman–Crippen LogP) is 3.11. The molecule has 2 aromatic rings. The zero-order chi connectivity index (χ0) is 22.3. The van der Waals surface area contributed by atoms with Crippen LogP contribution in [0.2, 0.25) is 0 Å². The van der Waals surface area contributed by atoms with Gasteiger partial charge in [-0.15, -0.1) is 0 Å². The van der Waals surface area contributed by atoms with E-state index in [9.17, 15) is 21.6 Å². The van der Waals surface area contributed by atoms with E-state index in [1.54, 1.807) is 0 Å². The van der Waals surface area contributed by atoms with Gasteiger partial charge in [-0.2, -0.15) is 17.5 Å². The van der Waals surface area contributed by atoms with Crippen molar-refractivity contribution in [1.82, 2.24) is 9.21 Å². The third kappa shape index (κ3) is 6.67. The molecule has 0 aromatic heterocycles. The lowest BCUT2D eigenvalue weighted by Crippen LogP contribution is -2.49. The monoisotopic (exact) mass is 458 g/mol. The summed E-state index contributed by atoms with van der Waals surface area (Å²) in [4.78, 5) is 1.97. The maximum Gasteiger partial charge on any atom is 0.416 e. The van der Waals surface area contributed by atoms with Crippen molar-refractivity contribution in [3.63, 3.8) is 0 Å². The number of hydrogen-bond donors (Lipinski definition) is 0. The number of rotatable bonds is 9. The molecule has 170 valence electrons. The number of benzene rings is 2. The van der Waals surface area contributed by atoms with Gasteiger partial charge in [0.25, 0.3) is 0 Å². The van der Waals surface area contributed by atoms with Gasteiger partial charge in [0.05, 0.1) is 23.7 Å². The molecule has 0 atom stereocenters. The van der Waals surface area contributed by atoms with E-state index in [4.69, 9.17) is 9.47 Å². The Morgan fingerprint density at radius 2 is 1.48 bits per heavy atom. The van der Waals surface area contributed by atoms with Crippen LogP contribution in [0.15, 0.2) is 59.5 Å². The van der Waals surface area contributed by atoms with E-state index in [0.29, 0.717) is 39.5 Å². The molecule has 2 aromatic carbocycles. The number of ether oxygens (including phenoxy) is 2. The highest BCUT2D eigenvalue weighted by molar-refractivity contribution is 7.89. The fourth-order valence-electron chi connectivity index (χ4n) is 3.19. The molecule has 0 aliphatic carbocycles. The summed E-state index contributed by atoms with van der Waals surface area (Å²) in [7, 11) is -3.82. The van der Waals surface area contributed by atoms with Crippen LogP contribution in [-0.4, -0.2) is 70.2 Å². The van der Waals surface area contributed by atoms with Gasteiger partial charge in [-0.1, -0.05) is 18.2 Å². The number of alkyl halides is 3. The van der Waals surface area contributed by atoms with Crippen LogP contribution in [0.4, 0.5) is 13.2 Å². The highest BCUT2D eigenvalue weighted by Gasteiger charge is 2.32. The lowest BCUT2D eigenvalue weighted by molar-refractivity contribution is -0.137. The fraction of sp³-hybridized carbons (Fsp3) is 0.429. The van der Waals surface area contributed by atoms with E-state index in [-0.39, 0.29) is 18.0 Å². The van der Waals surface area contributed by atoms with Crippen LogP contribution in [0.3, 0.4) is 0 Å². The van der Waals surface area contributed by atoms with E-state index in [1.165, 1.54) is 4.31 Å². The molecule has 1 heterocycles. The summed E-state index contributed by atoms with van der Waals surface area (Å²) < 4.78 is 75.8. The maximum absolute atomic E-state index is 12.7. The van der Waals surface area contributed by atoms with Crippen molar-refractivity contribution in [3.05, 3.63) is 60.2 Å². The Labute approximate surface area is 180 Å². The zero-order valence-electron chi connectivity index (χ0n) is 16.9. The van der Waals surface area contributed by atoms with Gasteiger partial charge in [0, 0.05) is 32.7 Å². The molecule has 31 heavy (non-hydrogen) atoms. The average Bonchev–Trinajstić information content (AvgIpc) is 2.77. The molecule has 1 aliphatic rings. The summed E-state index contributed by atoms with van der Waals surface area (Å²) in [5.74, 6) is 0.788. The minimum Gasteiger partial charge on any atom is -0.491 e. The van der Waals surface area contributed by atoms with Gasteiger partial charge in [0.1, 0.15) is 12.4 Å². The van der Waals surface area contributed by atoms with Crippen LogP contribution >= 0.6 is 0 Å². The SMILES string of the molecule is O=S(=O)(c1ccc(C(F)(F)F)cc1)N1CCN(CCOCCOc2ccccc2)CC1. The van der Waals surface area contributed by atoms with Crippen molar-refractivity contribution in [2.75, 3.05) is 52.5 Å². The molecule has 0 N–H and O–H groups in total. The number of hydrogen-bond acceptors (Lipinski definition) is 5. The fourth-order valence-corrected chi connectivity index (χ4v) is 4.61. The summed E-state index contributed by atoms with van der Waals surface area (Å²) >= 11 is 0. The van der Waals surface area contributed by atoms with Crippen molar-refractivity contribution < 1.29 is 31.1 Å².